The molecule has 0 aromatic carbocycles. The SMILES string of the molecule is CCC1CC2(C)C(C)CC(C)(OS1(=O)=O)C2(C)C. The summed E-state index contributed by atoms with van der Waals surface area (Å²) < 4.78 is 30.4. The molecule has 18 heavy (non-hydrogen) atoms. The van der Waals surface area contributed by atoms with E-state index in [0.29, 0.717) is 12.3 Å². The number of fused-ring (bicyclic) bond motifs is 2. The third kappa shape index (κ3) is 1.54. The van der Waals surface area contributed by atoms with Crippen LogP contribution >= 0.6 is 0 Å². The molecule has 0 aromatic heterocycles. The standard InChI is InChI=1S/C14H26O3S/c1-7-11-9-13(5)10(2)8-14(6,12(13,3)4)17-18(11,15)16/h10-11H,7-9H2,1-6H3. The van der Waals surface area contributed by atoms with Crippen molar-refractivity contribution in [2.24, 2.45) is 16.7 Å². The number of hydrogen-bond acceptors (Lipinski definition) is 3. The summed E-state index contributed by atoms with van der Waals surface area (Å²) in [7, 11) is -3.43. The predicted molar refractivity (Wildman–Crippen MR) is 72.8 cm³/mol. The van der Waals surface area contributed by atoms with Crippen molar-refractivity contribution in [3.05, 3.63) is 0 Å². The van der Waals surface area contributed by atoms with Gasteiger partial charge in [-0.15, -0.1) is 0 Å². The molecule has 2 rings (SSSR count). The lowest BCUT2D eigenvalue weighted by molar-refractivity contribution is -0.0398. The molecule has 4 unspecified atom stereocenters. The van der Waals surface area contributed by atoms with Gasteiger partial charge in [0, 0.05) is 5.41 Å². The molecule has 2 bridgehead atoms. The highest BCUT2D eigenvalue weighted by atomic mass is 32.2. The fourth-order valence-electron chi connectivity index (χ4n) is 4.13. The van der Waals surface area contributed by atoms with E-state index in [0.717, 1.165) is 12.8 Å². The quantitative estimate of drug-likeness (QED) is 0.689. The van der Waals surface area contributed by atoms with Crippen LogP contribution in [0.1, 0.15) is 60.8 Å². The van der Waals surface area contributed by atoms with Crippen molar-refractivity contribution in [2.45, 2.75) is 71.7 Å². The van der Waals surface area contributed by atoms with Crippen molar-refractivity contribution in [1.82, 2.24) is 0 Å². The summed E-state index contributed by atoms with van der Waals surface area (Å²) in [6.45, 7) is 12.7. The van der Waals surface area contributed by atoms with Crippen molar-refractivity contribution in [3.63, 3.8) is 0 Å². The first-order valence-electron chi connectivity index (χ1n) is 6.94. The summed E-state index contributed by atoms with van der Waals surface area (Å²) in [5.74, 6) is 0.488. The second kappa shape index (κ2) is 3.72. The van der Waals surface area contributed by atoms with Crippen LogP contribution in [0.2, 0.25) is 0 Å². The summed E-state index contributed by atoms with van der Waals surface area (Å²) in [6.07, 6.45) is 2.18. The minimum absolute atomic E-state index is 0.0198. The number of hydrogen-bond donors (Lipinski definition) is 0. The van der Waals surface area contributed by atoms with Crippen LogP contribution in [0.25, 0.3) is 0 Å². The highest BCUT2D eigenvalue weighted by Crippen LogP contribution is 2.66. The second-order valence-corrected chi connectivity index (χ2v) is 9.01. The van der Waals surface area contributed by atoms with Gasteiger partial charge in [-0.05, 0) is 37.5 Å². The summed E-state index contributed by atoms with van der Waals surface area (Å²) in [5, 5.41) is -0.355. The zero-order valence-electron chi connectivity index (χ0n) is 12.4. The first-order valence-corrected chi connectivity index (χ1v) is 8.42. The van der Waals surface area contributed by atoms with Crippen molar-refractivity contribution in [2.75, 3.05) is 0 Å². The van der Waals surface area contributed by atoms with Gasteiger partial charge in [-0.3, -0.25) is 4.18 Å². The summed E-state index contributed by atoms with van der Waals surface area (Å²) >= 11 is 0. The lowest BCUT2D eigenvalue weighted by atomic mass is 9.60. The van der Waals surface area contributed by atoms with Crippen LogP contribution in [0.4, 0.5) is 0 Å². The topological polar surface area (TPSA) is 43.4 Å². The van der Waals surface area contributed by atoms with Crippen LogP contribution in [0, 0.1) is 16.7 Å². The second-order valence-electron chi connectivity index (χ2n) is 7.19. The minimum atomic E-state index is -3.43. The Morgan fingerprint density at radius 1 is 1.17 bits per heavy atom. The van der Waals surface area contributed by atoms with E-state index in [1.807, 2.05) is 13.8 Å². The summed E-state index contributed by atoms with van der Waals surface area (Å²) in [6, 6.07) is 0. The first-order chi connectivity index (χ1) is 8.00. The van der Waals surface area contributed by atoms with Gasteiger partial charge in [0.05, 0.1) is 10.9 Å². The predicted octanol–water partition coefficient (Wildman–Crippen LogP) is 3.35. The molecule has 1 aliphatic carbocycles. The molecule has 0 radical (unpaired) electrons. The molecule has 0 N–H and O–H groups in total. The highest BCUT2D eigenvalue weighted by molar-refractivity contribution is 7.87. The molecule has 1 heterocycles. The van der Waals surface area contributed by atoms with Gasteiger partial charge in [-0.1, -0.05) is 34.6 Å². The van der Waals surface area contributed by atoms with E-state index in [4.69, 9.17) is 4.18 Å². The number of rotatable bonds is 1. The molecule has 106 valence electrons. The Morgan fingerprint density at radius 3 is 2.22 bits per heavy atom. The molecule has 1 saturated carbocycles. The maximum atomic E-state index is 12.3. The minimum Gasteiger partial charge on any atom is -0.263 e. The Hall–Kier alpha value is -0.0900. The Labute approximate surface area is 111 Å². The van der Waals surface area contributed by atoms with Gasteiger partial charge >= 0.3 is 0 Å². The Morgan fingerprint density at radius 2 is 1.72 bits per heavy atom. The maximum Gasteiger partial charge on any atom is 0.270 e. The van der Waals surface area contributed by atoms with Gasteiger partial charge in [0.15, 0.2) is 0 Å². The van der Waals surface area contributed by atoms with Crippen LogP contribution in [0.5, 0.6) is 0 Å². The highest BCUT2D eigenvalue weighted by Gasteiger charge is 2.66. The monoisotopic (exact) mass is 274 g/mol. The molecule has 1 saturated heterocycles. The maximum absolute atomic E-state index is 12.3. The van der Waals surface area contributed by atoms with E-state index in [1.165, 1.54) is 0 Å². The van der Waals surface area contributed by atoms with E-state index in [-0.39, 0.29) is 16.1 Å². The Bertz CT molecular complexity index is 454. The van der Waals surface area contributed by atoms with Crippen molar-refractivity contribution in [3.8, 4) is 0 Å². The zero-order valence-corrected chi connectivity index (χ0v) is 13.2. The van der Waals surface area contributed by atoms with Crippen LogP contribution in [0.3, 0.4) is 0 Å². The van der Waals surface area contributed by atoms with E-state index < -0.39 is 15.7 Å². The average Bonchev–Trinajstić information content (AvgIpc) is 2.30. The molecular formula is C14H26O3S. The normalized spacial score (nSPS) is 49.9. The molecular weight excluding hydrogens is 248 g/mol. The lowest BCUT2D eigenvalue weighted by Crippen LogP contribution is -2.45. The molecule has 2 aliphatic rings. The Kier molecular flexibility index (Phi) is 2.96. The largest absolute Gasteiger partial charge is 0.270 e. The van der Waals surface area contributed by atoms with E-state index in [1.54, 1.807) is 0 Å². The van der Waals surface area contributed by atoms with E-state index in [2.05, 4.69) is 27.7 Å². The van der Waals surface area contributed by atoms with Gasteiger partial charge < -0.3 is 0 Å². The molecule has 4 atom stereocenters. The molecule has 0 spiro atoms. The summed E-state index contributed by atoms with van der Waals surface area (Å²) in [4.78, 5) is 0. The molecule has 4 heteroatoms. The van der Waals surface area contributed by atoms with Crippen LogP contribution < -0.4 is 0 Å². The third-order valence-corrected chi connectivity index (χ3v) is 8.27. The van der Waals surface area contributed by atoms with Gasteiger partial charge in [0.1, 0.15) is 0 Å². The molecule has 0 amide bonds. The van der Waals surface area contributed by atoms with E-state index >= 15 is 0 Å². The van der Waals surface area contributed by atoms with Crippen LogP contribution in [0.15, 0.2) is 0 Å². The smallest absolute Gasteiger partial charge is 0.263 e. The fraction of sp³-hybridized carbons (Fsp3) is 1.00. The first kappa shape index (κ1) is 14.3. The Balaban J connectivity index is 2.61. The lowest BCUT2D eigenvalue weighted by Gasteiger charge is -2.45. The molecule has 0 aromatic rings. The van der Waals surface area contributed by atoms with Crippen molar-refractivity contribution in [1.29, 1.82) is 0 Å². The van der Waals surface area contributed by atoms with Gasteiger partial charge in [-0.2, -0.15) is 8.42 Å². The summed E-state index contributed by atoms with van der Waals surface area (Å²) in [5.41, 5.74) is -0.674. The third-order valence-electron chi connectivity index (χ3n) is 6.35. The van der Waals surface area contributed by atoms with E-state index in [9.17, 15) is 8.42 Å². The van der Waals surface area contributed by atoms with Crippen LogP contribution in [-0.4, -0.2) is 19.3 Å². The molecule has 2 fully saturated rings. The fourth-order valence-corrected chi connectivity index (χ4v) is 6.01. The molecule has 3 nitrogen and oxygen atoms in total. The van der Waals surface area contributed by atoms with Crippen molar-refractivity contribution < 1.29 is 12.6 Å². The zero-order chi connectivity index (χ0) is 14.0. The average molecular weight is 274 g/mol. The van der Waals surface area contributed by atoms with Crippen LogP contribution in [-0.2, 0) is 14.3 Å². The van der Waals surface area contributed by atoms with Gasteiger partial charge in [0.2, 0.25) is 0 Å². The van der Waals surface area contributed by atoms with Gasteiger partial charge in [0.25, 0.3) is 10.1 Å². The molecule has 1 aliphatic heterocycles. The van der Waals surface area contributed by atoms with Gasteiger partial charge in [-0.25, -0.2) is 0 Å². The van der Waals surface area contributed by atoms with Crippen molar-refractivity contribution >= 4 is 10.1 Å².